The van der Waals surface area contributed by atoms with Crippen LogP contribution in [-0.2, 0) is 7.05 Å². The van der Waals surface area contributed by atoms with E-state index in [1.54, 1.807) is 35.1 Å². The highest BCUT2D eigenvalue weighted by molar-refractivity contribution is 5.95. The van der Waals surface area contributed by atoms with Crippen LogP contribution >= 0.6 is 0 Å². The van der Waals surface area contributed by atoms with Crippen LogP contribution in [0.1, 0.15) is 59.1 Å². The van der Waals surface area contributed by atoms with Gasteiger partial charge in [-0.1, -0.05) is 0 Å². The van der Waals surface area contributed by atoms with Crippen molar-refractivity contribution in [2.24, 2.45) is 7.05 Å². The highest BCUT2D eigenvalue weighted by Crippen LogP contribution is 2.30. The normalized spacial score (nSPS) is 15.3. The standard InChI is InChI=1S/C18H26N6O2/c1-4-23(5-2)17(25)14-12-19-21-16(14)13-7-10-24(11-8-13)18(26)15-6-9-20-22(15)3/h6,9,12-13H,4-5,7-8,10-11H2,1-3H3,(H,19,21). The smallest absolute Gasteiger partial charge is 0.272 e. The average Bonchev–Trinajstić information content (AvgIpc) is 3.31. The first-order valence-electron chi connectivity index (χ1n) is 9.16. The van der Waals surface area contributed by atoms with Gasteiger partial charge in [0, 0.05) is 45.3 Å². The minimum Gasteiger partial charge on any atom is -0.339 e. The van der Waals surface area contributed by atoms with Crippen LogP contribution in [0.5, 0.6) is 0 Å². The molecule has 2 amide bonds. The Morgan fingerprint density at radius 2 is 1.96 bits per heavy atom. The zero-order chi connectivity index (χ0) is 18.7. The zero-order valence-electron chi connectivity index (χ0n) is 15.6. The average molecular weight is 358 g/mol. The molecule has 0 unspecified atom stereocenters. The number of aromatic nitrogens is 4. The molecular formula is C18H26N6O2. The van der Waals surface area contributed by atoms with Gasteiger partial charge in [0.25, 0.3) is 11.8 Å². The topological polar surface area (TPSA) is 87.1 Å². The molecule has 3 rings (SSSR count). The molecule has 26 heavy (non-hydrogen) atoms. The van der Waals surface area contributed by atoms with Crippen molar-refractivity contribution in [3.05, 3.63) is 35.4 Å². The summed E-state index contributed by atoms with van der Waals surface area (Å²) >= 11 is 0. The molecule has 8 nitrogen and oxygen atoms in total. The Morgan fingerprint density at radius 1 is 1.27 bits per heavy atom. The number of likely N-dealkylation sites (tertiary alicyclic amines) is 1. The van der Waals surface area contributed by atoms with E-state index in [1.165, 1.54) is 0 Å². The number of nitrogens with one attached hydrogen (secondary N) is 1. The summed E-state index contributed by atoms with van der Waals surface area (Å²) in [6, 6.07) is 1.74. The molecule has 0 radical (unpaired) electrons. The van der Waals surface area contributed by atoms with Crippen molar-refractivity contribution in [1.29, 1.82) is 0 Å². The van der Waals surface area contributed by atoms with Gasteiger partial charge >= 0.3 is 0 Å². The van der Waals surface area contributed by atoms with Crippen molar-refractivity contribution in [3.8, 4) is 0 Å². The van der Waals surface area contributed by atoms with Crippen molar-refractivity contribution >= 4 is 11.8 Å². The lowest BCUT2D eigenvalue weighted by Crippen LogP contribution is -2.39. The molecule has 1 aliphatic heterocycles. The van der Waals surface area contributed by atoms with Crippen LogP contribution in [0.25, 0.3) is 0 Å². The van der Waals surface area contributed by atoms with E-state index in [1.807, 2.05) is 18.7 Å². The highest BCUT2D eigenvalue weighted by Gasteiger charge is 2.30. The first-order valence-corrected chi connectivity index (χ1v) is 9.16. The van der Waals surface area contributed by atoms with Crippen LogP contribution in [0.4, 0.5) is 0 Å². The lowest BCUT2D eigenvalue weighted by Gasteiger charge is -2.32. The minimum absolute atomic E-state index is 0.00695. The van der Waals surface area contributed by atoms with Crippen LogP contribution in [0, 0.1) is 0 Å². The summed E-state index contributed by atoms with van der Waals surface area (Å²) < 4.78 is 1.60. The number of amides is 2. The van der Waals surface area contributed by atoms with E-state index < -0.39 is 0 Å². The Hall–Kier alpha value is -2.64. The van der Waals surface area contributed by atoms with E-state index >= 15 is 0 Å². The fraction of sp³-hybridized carbons (Fsp3) is 0.556. The second-order valence-electron chi connectivity index (χ2n) is 6.58. The van der Waals surface area contributed by atoms with Crippen molar-refractivity contribution in [2.45, 2.75) is 32.6 Å². The number of carbonyl (C=O) groups is 2. The van der Waals surface area contributed by atoms with Gasteiger partial charge in [0.05, 0.1) is 17.5 Å². The van der Waals surface area contributed by atoms with E-state index in [9.17, 15) is 9.59 Å². The first-order chi connectivity index (χ1) is 12.6. The molecule has 0 bridgehead atoms. The molecule has 3 heterocycles. The molecule has 0 aliphatic carbocycles. The van der Waals surface area contributed by atoms with Crippen molar-refractivity contribution < 1.29 is 9.59 Å². The molecule has 1 aliphatic rings. The summed E-state index contributed by atoms with van der Waals surface area (Å²) in [5.74, 6) is 0.238. The van der Waals surface area contributed by atoms with Gasteiger partial charge in [0.1, 0.15) is 5.69 Å². The van der Waals surface area contributed by atoms with E-state index in [0.717, 1.165) is 18.5 Å². The number of aromatic amines is 1. The lowest BCUT2D eigenvalue weighted by molar-refractivity contribution is 0.0695. The summed E-state index contributed by atoms with van der Waals surface area (Å²) in [6.45, 7) is 6.63. The molecule has 1 saturated heterocycles. The molecule has 0 atom stereocenters. The maximum Gasteiger partial charge on any atom is 0.272 e. The van der Waals surface area contributed by atoms with Crippen LogP contribution in [0.3, 0.4) is 0 Å². The van der Waals surface area contributed by atoms with E-state index in [0.29, 0.717) is 37.4 Å². The molecular weight excluding hydrogens is 332 g/mol. The fourth-order valence-electron chi connectivity index (χ4n) is 3.58. The number of rotatable bonds is 5. The molecule has 0 saturated carbocycles. The maximum atomic E-state index is 12.7. The third-order valence-electron chi connectivity index (χ3n) is 5.18. The van der Waals surface area contributed by atoms with E-state index in [2.05, 4.69) is 15.3 Å². The molecule has 2 aromatic rings. The van der Waals surface area contributed by atoms with Gasteiger partial charge in [-0.2, -0.15) is 10.2 Å². The Kier molecular flexibility index (Phi) is 5.39. The number of piperidine rings is 1. The predicted octanol–water partition coefficient (Wildman–Crippen LogP) is 1.64. The largest absolute Gasteiger partial charge is 0.339 e. The zero-order valence-corrected chi connectivity index (χ0v) is 15.6. The van der Waals surface area contributed by atoms with Crippen molar-refractivity contribution in [2.75, 3.05) is 26.2 Å². The van der Waals surface area contributed by atoms with Gasteiger partial charge in [-0.05, 0) is 32.8 Å². The van der Waals surface area contributed by atoms with Crippen molar-refractivity contribution in [1.82, 2.24) is 29.8 Å². The minimum atomic E-state index is 0.00695. The van der Waals surface area contributed by atoms with Crippen LogP contribution in [-0.4, -0.2) is 67.8 Å². The van der Waals surface area contributed by atoms with Gasteiger partial charge in [-0.15, -0.1) is 0 Å². The quantitative estimate of drug-likeness (QED) is 0.880. The van der Waals surface area contributed by atoms with E-state index in [-0.39, 0.29) is 17.7 Å². The van der Waals surface area contributed by atoms with Gasteiger partial charge in [0.15, 0.2) is 0 Å². The Morgan fingerprint density at radius 3 is 2.54 bits per heavy atom. The Labute approximate surface area is 153 Å². The predicted molar refractivity (Wildman–Crippen MR) is 96.9 cm³/mol. The van der Waals surface area contributed by atoms with Gasteiger partial charge in [-0.3, -0.25) is 19.4 Å². The number of H-pyrrole nitrogens is 1. The van der Waals surface area contributed by atoms with Crippen LogP contribution in [0.15, 0.2) is 18.5 Å². The SMILES string of the molecule is CCN(CC)C(=O)c1cn[nH]c1C1CCN(C(=O)c2ccnn2C)CC1. The maximum absolute atomic E-state index is 12.7. The fourth-order valence-corrected chi connectivity index (χ4v) is 3.58. The molecule has 2 aromatic heterocycles. The molecule has 140 valence electrons. The Balaban J connectivity index is 1.68. The van der Waals surface area contributed by atoms with Crippen molar-refractivity contribution in [3.63, 3.8) is 0 Å². The van der Waals surface area contributed by atoms with Gasteiger partial charge < -0.3 is 9.80 Å². The summed E-state index contributed by atoms with van der Waals surface area (Å²) in [6.07, 6.45) is 4.88. The van der Waals surface area contributed by atoms with Gasteiger partial charge in [0.2, 0.25) is 0 Å². The summed E-state index contributed by atoms with van der Waals surface area (Å²) in [7, 11) is 1.77. The first kappa shape index (κ1) is 18.2. The third-order valence-corrected chi connectivity index (χ3v) is 5.18. The number of hydrogen-bond donors (Lipinski definition) is 1. The molecule has 8 heteroatoms. The van der Waals surface area contributed by atoms with E-state index in [4.69, 9.17) is 0 Å². The summed E-state index contributed by atoms with van der Waals surface area (Å²) in [5.41, 5.74) is 2.15. The third kappa shape index (κ3) is 3.36. The summed E-state index contributed by atoms with van der Waals surface area (Å²) in [5, 5.41) is 11.2. The number of aryl methyl sites for hydroxylation is 1. The second kappa shape index (κ2) is 7.72. The molecule has 0 spiro atoms. The molecule has 1 N–H and O–H groups in total. The number of carbonyl (C=O) groups excluding carboxylic acids is 2. The molecule has 0 aromatic carbocycles. The molecule has 1 fully saturated rings. The second-order valence-corrected chi connectivity index (χ2v) is 6.58. The number of nitrogens with zero attached hydrogens (tertiary/aromatic N) is 5. The lowest BCUT2D eigenvalue weighted by atomic mass is 9.91. The highest BCUT2D eigenvalue weighted by atomic mass is 16.2. The summed E-state index contributed by atoms with van der Waals surface area (Å²) in [4.78, 5) is 28.9. The number of hydrogen-bond acceptors (Lipinski definition) is 4. The monoisotopic (exact) mass is 358 g/mol. The van der Waals surface area contributed by atoms with Crippen LogP contribution in [0.2, 0.25) is 0 Å². The van der Waals surface area contributed by atoms with Crippen LogP contribution < -0.4 is 0 Å². The van der Waals surface area contributed by atoms with Gasteiger partial charge in [-0.25, -0.2) is 0 Å². The Bertz CT molecular complexity index is 768.